The maximum Gasteiger partial charge on any atom is 0.0654 e. The van der Waals surface area contributed by atoms with Gasteiger partial charge in [0.1, 0.15) is 0 Å². The van der Waals surface area contributed by atoms with Crippen molar-refractivity contribution in [2.24, 2.45) is 5.92 Å². The molecule has 0 aromatic heterocycles. The van der Waals surface area contributed by atoms with Crippen molar-refractivity contribution in [2.75, 3.05) is 26.3 Å². The standard InChI is InChI=1S/C11H23NO2/c1-9(2)12-5-6-14-8-10(7-12)11(3,4)13/h9-10,13H,5-8H2,1-4H3/t10-/m1/s1. The molecule has 1 heterocycles. The number of rotatable bonds is 2. The lowest BCUT2D eigenvalue weighted by molar-refractivity contribution is -0.0231. The zero-order chi connectivity index (χ0) is 10.8. The van der Waals surface area contributed by atoms with Gasteiger partial charge in [0, 0.05) is 25.0 Å². The van der Waals surface area contributed by atoms with Crippen molar-refractivity contribution in [3.05, 3.63) is 0 Å². The van der Waals surface area contributed by atoms with Crippen LogP contribution in [-0.4, -0.2) is 48.0 Å². The fraction of sp³-hybridized carbons (Fsp3) is 1.00. The van der Waals surface area contributed by atoms with E-state index >= 15 is 0 Å². The summed E-state index contributed by atoms with van der Waals surface area (Å²) in [4.78, 5) is 2.37. The van der Waals surface area contributed by atoms with Crippen molar-refractivity contribution >= 4 is 0 Å². The van der Waals surface area contributed by atoms with Crippen LogP contribution in [0.25, 0.3) is 0 Å². The number of nitrogens with zero attached hydrogens (tertiary/aromatic N) is 1. The van der Waals surface area contributed by atoms with Crippen LogP contribution in [0.15, 0.2) is 0 Å². The summed E-state index contributed by atoms with van der Waals surface area (Å²) in [5.41, 5.74) is -0.641. The van der Waals surface area contributed by atoms with Gasteiger partial charge in [-0.25, -0.2) is 0 Å². The van der Waals surface area contributed by atoms with Gasteiger partial charge in [0.25, 0.3) is 0 Å². The molecule has 3 nitrogen and oxygen atoms in total. The molecule has 0 spiro atoms. The number of aliphatic hydroxyl groups is 1. The first kappa shape index (κ1) is 12.0. The highest BCUT2D eigenvalue weighted by atomic mass is 16.5. The molecule has 1 aliphatic rings. The molecule has 1 aliphatic heterocycles. The van der Waals surface area contributed by atoms with Gasteiger partial charge in [0.15, 0.2) is 0 Å². The lowest BCUT2D eigenvalue weighted by Gasteiger charge is -2.33. The summed E-state index contributed by atoms with van der Waals surface area (Å²) in [6.45, 7) is 11.5. The van der Waals surface area contributed by atoms with E-state index < -0.39 is 5.60 Å². The lowest BCUT2D eigenvalue weighted by atomic mass is 9.91. The predicted octanol–water partition coefficient (Wildman–Crippen LogP) is 1.11. The highest BCUT2D eigenvalue weighted by Crippen LogP contribution is 2.21. The Balaban J connectivity index is 2.60. The molecule has 0 radical (unpaired) electrons. The number of hydrogen-bond acceptors (Lipinski definition) is 3. The van der Waals surface area contributed by atoms with Crippen LogP contribution >= 0.6 is 0 Å². The Hall–Kier alpha value is -0.120. The molecule has 0 bridgehead atoms. The molecule has 0 amide bonds. The molecule has 0 aliphatic carbocycles. The van der Waals surface area contributed by atoms with E-state index in [0.29, 0.717) is 12.6 Å². The summed E-state index contributed by atoms with van der Waals surface area (Å²) in [7, 11) is 0. The molecule has 1 N–H and O–H groups in total. The van der Waals surface area contributed by atoms with Gasteiger partial charge in [-0.2, -0.15) is 0 Å². The molecule has 84 valence electrons. The van der Waals surface area contributed by atoms with Crippen molar-refractivity contribution in [2.45, 2.75) is 39.3 Å². The predicted molar refractivity (Wildman–Crippen MR) is 57.3 cm³/mol. The van der Waals surface area contributed by atoms with E-state index in [1.807, 2.05) is 13.8 Å². The van der Waals surface area contributed by atoms with Gasteiger partial charge >= 0.3 is 0 Å². The molecule has 1 rings (SSSR count). The van der Waals surface area contributed by atoms with Crippen molar-refractivity contribution in [1.29, 1.82) is 0 Å². The molecular formula is C11H23NO2. The summed E-state index contributed by atoms with van der Waals surface area (Å²) in [6.07, 6.45) is 0. The van der Waals surface area contributed by atoms with Crippen molar-refractivity contribution in [3.8, 4) is 0 Å². The average molecular weight is 201 g/mol. The molecule has 1 saturated heterocycles. The van der Waals surface area contributed by atoms with E-state index in [9.17, 15) is 5.11 Å². The van der Waals surface area contributed by atoms with Crippen LogP contribution < -0.4 is 0 Å². The van der Waals surface area contributed by atoms with Crippen LogP contribution in [0.2, 0.25) is 0 Å². The molecule has 0 aromatic carbocycles. The molecule has 0 unspecified atom stereocenters. The highest BCUT2D eigenvalue weighted by Gasteiger charge is 2.31. The monoisotopic (exact) mass is 201 g/mol. The first-order valence-electron chi connectivity index (χ1n) is 5.45. The highest BCUT2D eigenvalue weighted by molar-refractivity contribution is 4.82. The molecule has 1 fully saturated rings. The van der Waals surface area contributed by atoms with Crippen LogP contribution in [0.1, 0.15) is 27.7 Å². The topological polar surface area (TPSA) is 32.7 Å². The first-order chi connectivity index (χ1) is 6.41. The second-order valence-electron chi connectivity index (χ2n) is 5.01. The Morgan fingerprint density at radius 1 is 1.43 bits per heavy atom. The van der Waals surface area contributed by atoms with Crippen LogP contribution in [0.5, 0.6) is 0 Å². The molecule has 3 heteroatoms. The van der Waals surface area contributed by atoms with Gasteiger partial charge in [0.05, 0.1) is 18.8 Å². The van der Waals surface area contributed by atoms with Crippen LogP contribution in [-0.2, 0) is 4.74 Å². The quantitative estimate of drug-likeness (QED) is 0.726. The zero-order valence-electron chi connectivity index (χ0n) is 9.79. The average Bonchev–Trinajstić information content (AvgIpc) is 2.26. The van der Waals surface area contributed by atoms with Crippen LogP contribution in [0.3, 0.4) is 0 Å². The van der Waals surface area contributed by atoms with Crippen molar-refractivity contribution in [3.63, 3.8) is 0 Å². The van der Waals surface area contributed by atoms with Crippen LogP contribution in [0, 0.1) is 5.92 Å². The summed E-state index contributed by atoms with van der Waals surface area (Å²) < 4.78 is 5.51. The number of hydrogen-bond donors (Lipinski definition) is 1. The van der Waals surface area contributed by atoms with Crippen molar-refractivity contribution in [1.82, 2.24) is 4.90 Å². The molecule has 14 heavy (non-hydrogen) atoms. The maximum atomic E-state index is 9.96. The van der Waals surface area contributed by atoms with E-state index in [2.05, 4.69) is 18.7 Å². The first-order valence-corrected chi connectivity index (χ1v) is 5.45. The minimum absolute atomic E-state index is 0.215. The summed E-state index contributed by atoms with van der Waals surface area (Å²) in [6, 6.07) is 0.529. The second-order valence-corrected chi connectivity index (χ2v) is 5.01. The zero-order valence-corrected chi connectivity index (χ0v) is 9.79. The Morgan fingerprint density at radius 3 is 2.57 bits per heavy atom. The van der Waals surface area contributed by atoms with E-state index in [0.717, 1.165) is 19.7 Å². The largest absolute Gasteiger partial charge is 0.390 e. The Kier molecular flexibility index (Phi) is 3.93. The van der Waals surface area contributed by atoms with Gasteiger partial charge < -0.3 is 9.84 Å². The van der Waals surface area contributed by atoms with E-state index in [4.69, 9.17) is 4.74 Å². The third kappa shape index (κ3) is 3.23. The van der Waals surface area contributed by atoms with Gasteiger partial charge in [-0.1, -0.05) is 0 Å². The summed E-state index contributed by atoms with van der Waals surface area (Å²) >= 11 is 0. The lowest BCUT2D eigenvalue weighted by Crippen LogP contribution is -2.43. The maximum absolute atomic E-state index is 9.96. The second kappa shape index (κ2) is 4.60. The Morgan fingerprint density at radius 2 is 2.07 bits per heavy atom. The fourth-order valence-electron chi connectivity index (χ4n) is 1.73. The third-order valence-electron chi connectivity index (χ3n) is 3.03. The minimum atomic E-state index is -0.641. The van der Waals surface area contributed by atoms with Gasteiger partial charge in [-0.05, 0) is 27.7 Å². The van der Waals surface area contributed by atoms with Crippen LogP contribution in [0.4, 0.5) is 0 Å². The molecular weight excluding hydrogens is 178 g/mol. The third-order valence-corrected chi connectivity index (χ3v) is 3.03. The van der Waals surface area contributed by atoms with Crippen molar-refractivity contribution < 1.29 is 9.84 Å². The van der Waals surface area contributed by atoms with Gasteiger partial charge in [-0.3, -0.25) is 4.90 Å². The minimum Gasteiger partial charge on any atom is -0.390 e. The molecule has 0 aromatic rings. The van der Waals surface area contributed by atoms with Gasteiger partial charge in [0.2, 0.25) is 0 Å². The SMILES string of the molecule is CC(C)N1CCOC[C@H](C(C)(C)O)C1. The summed E-state index contributed by atoms with van der Waals surface area (Å²) in [5.74, 6) is 0.215. The molecule has 1 atom stereocenters. The number of ether oxygens (including phenoxy) is 1. The van der Waals surface area contributed by atoms with Gasteiger partial charge in [-0.15, -0.1) is 0 Å². The normalized spacial score (nSPS) is 26.6. The van der Waals surface area contributed by atoms with E-state index in [-0.39, 0.29) is 5.92 Å². The van der Waals surface area contributed by atoms with E-state index in [1.165, 1.54) is 0 Å². The fourth-order valence-corrected chi connectivity index (χ4v) is 1.73. The Bertz CT molecular complexity index is 175. The molecule has 0 saturated carbocycles. The Labute approximate surface area is 87.1 Å². The summed E-state index contributed by atoms with van der Waals surface area (Å²) in [5, 5.41) is 9.96. The smallest absolute Gasteiger partial charge is 0.0654 e. The van der Waals surface area contributed by atoms with E-state index in [1.54, 1.807) is 0 Å².